The molecule has 2 N–H and O–H groups in total. The van der Waals surface area contributed by atoms with Gasteiger partial charge in [-0.2, -0.15) is 0 Å². The third-order valence-electron chi connectivity index (χ3n) is 2.70. The van der Waals surface area contributed by atoms with Crippen LogP contribution in [0.2, 0.25) is 0 Å². The Labute approximate surface area is 115 Å². The van der Waals surface area contributed by atoms with E-state index >= 15 is 0 Å². The Kier molecular flexibility index (Phi) is 4.70. The molecule has 0 radical (unpaired) electrons. The Balaban J connectivity index is 1.95. The molecule has 5 nitrogen and oxygen atoms in total. The van der Waals surface area contributed by atoms with Crippen molar-refractivity contribution in [1.82, 2.24) is 10.3 Å². The van der Waals surface area contributed by atoms with E-state index in [9.17, 15) is 4.79 Å². The number of nitrogens with zero attached hydrogens (tertiary/aromatic N) is 1. The summed E-state index contributed by atoms with van der Waals surface area (Å²) in [6.07, 6.45) is 2.35. The van der Waals surface area contributed by atoms with Crippen LogP contribution in [0.5, 0.6) is 0 Å². The fourth-order valence-electron chi connectivity index (χ4n) is 1.62. The lowest BCUT2D eigenvalue weighted by molar-refractivity contribution is -0.121. The van der Waals surface area contributed by atoms with Crippen molar-refractivity contribution in [3.8, 4) is 10.8 Å². The maximum Gasteiger partial charge on any atom is 0.236 e. The quantitative estimate of drug-likeness (QED) is 0.846. The zero-order chi connectivity index (χ0) is 13.7. The van der Waals surface area contributed by atoms with E-state index in [4.69, 9.17) is 9.52 Å². The van der Waals surface area contributed by atoms with Gasteiger partial charge in [0.1, 0.15) is 6.26 Å². The van der Waals surface area contributed by atoms with Gasteiger partial charge in [-0.3, -0.25) is 4.79 Å². The molecule has 1 atom stereocenters. The fraction of sp³-hybridized carbons (Fsp3) is 0.385. The lowest BCUT2D eigenvalue weighted by Gasteiger charge is -2.12. The van der Waals surface area contributed by atoms with Gasteiger partial charge in [0.05, 0.1) is 29.6 Å². The van der Waals surface area contributed by atoms with Crippen LogP contribution in [0.25, 0.3) is 10.8 Å². The van der Waals surface area contributed by atoms with E-state index in [1.54, 1.807) is 0 Å². The van der Waals surface area contributed by atoms with Gasteiger partial charge in [-0.25, -0.2) is 4.98 Å². The van der Waals surface area contributed by atoms with Gasteiger partial charge in [0, 0.05) is 0 Å². The number of nitrogens with one attached hydrogen (secondary N) is 1. The van der Waals surface area contributed by atoms with Crippen LogP contribution in [0.15, 0.2) is 28.2 Å². The Bertz CT molecular complexity index is 518. The molecular formula is C13H16N2O3S. The van der Waals surface area contributed by atoms with Crippen LogP contribution < -0.4 is 5.32 Å². The van der Waals surface area contributed by atoms with Gasteiger partial charge in [-0.15, -0.1) is 11.3 Å². The topological polar surface area (TPSA) is 75.4 Å². The molecule has 1 unspecified atom stereocenters. The maximum atomic E-state index is 11.7. The van der Waals surface area contributed by atoms with Crippen LogP contribution in [0, 0.1) is 0 Å². The predicted octanol–water partition coefficient (Wildman–Crippen LogP) is 1.83. The van der Waals surface area contributed by atoms with E-state index in [1.807, 2.05) is 24.4 Å². The zero-order valence-corrected chi connectivity index (χ0v) is 11.4. The van der Waals surface area contributed by atoms with Crippen molar-refractivity contribution in [2.24, 2.45) is 0 Å². The summed E-state index contributed by atoms with van der Waals surface area (Å²) >= 11 is 1.54. The van der Waals surface area contributed by atoms with E-state index in [0.717, 1.165) is 4.88 Å². The van der Waals surface area contributed by atoms with E-state index in [2.05, 4.69) is 10.3 Å². The number of aliphatic hydroxyl groups excluding tert-OH is 1. The van der Waals surface area contributed by atoms with Crippen LogP contribution in [0.4, 0.5) is 0 Å². The predicted molar refractivity (Wildman–Crippen MR) is 72.8 cm³/mol. The number of thiophene rings is 1. The molecule has 6 heteroatoms. The molecule has 0 aliphatic heterocycles. The molecule has 2 heterocycles. The smallest absolute Gasteiger partial charge is 0.236 e. The Morgan fingerprint density at radius 2 is 2.47 bits per heavy atom. The first-order valence-corrected chi connectivity index (χ1v) is 6.99. The largest absolute Gasteiger partial charge is 0.444 e. The average Bonchev–Trinajstić information content (AvgIpc) is 3.06. The van der Waals surface area contributed by atoms with Crippen LogP contribution >= 0.6 is 11.3 Å². The minimum absolute atomic E-state index is 0.0541. The minimum atomic E-state index is -0.198. The van der Waals surface area contributed by atoms with Gasteiger partial charge in [0.2, 0.25) is 11.8 Å². The van der Waals surface area contributed by atoms with Gasteiger partial charge in [-0.05, 0) is 17.9 Å². The van der Waals surface area contributed by atoms with Gasteiger partial charge >= 0.3 is 0 Å². The second-order valence-electron chi connectivity index (χ2n) is 4.15. The average molecular weight is 280 g/mol. The molecule has 2 rings (SSSR count). The SMILES string of the molecule is CCC(CO)NC(=O)Cc1coc(-c2cccs2)n1. The van der Waals surface area contributed by atoms with Crippen molar-refractivity contribution >= 4 is 17.2 Å². The molecule has 0 spiro atoms. The summed E-state index contributed by atoms with van der Waals surface area (Å²) in [6.45, 7) is 1.85. The summed E-state index contributed by atoms with van der Waals surface area (Å²) in [6, 6.07) is 3.64. The third-order valence-corrected chi connectivity index (χ3v) is 3.56. The molecule has 19 heavy (non-hydrogen) atoms. The molecule has 0 saturated carbocycles. The maximum absolute atomic E-state index is 11.7. The summed E-state index contributed by atoms with van der Waals surface area (Å²) in [4.78, 5) is 16.9. The summed E-state index contributed by atoms with van der Waals surface area (Å²) in [5.74, 6) is 0.374. The highest BCUT2D eigenvalue weighted by Gasteiger charge is 2.13. The molecule has 1 amide bonds. The zero-order valence-electron chi connectivity index (χ0n) is 10.6. The number of hydrogen-bond donors (Lipinski definition) is 2. The molecule has 0 aliphatic rings. The van der Waals surface area contributed by atoms with Gasteiger partial charge in [0.15, 0.2) is 0 Å². The van der Waals surface area contributed by atoms with Crippen LogP contribution in [-0.4, -0.2) is 28.6 Å². The highest BCUT2D eigenvalue weighted by Crippen LogP contribution is 2.23. The van der Waals surface area contributed by atoms with Gasteiger partial charge < -0.3 is 14.8 Å². The molecule has 0 aliphatic carbocycles. The van der Waals surface area contributed by atoms with Gasteiger partial charge in [-0.1, -0.05) is 13.0 Å². The lowest BCUT2D eigenvalue weighted by atomic mass is 10.2. The van der Waals surface area contributed by atoms with Crippen molar-refractivity contribution < 1.29 is 14.3 Å². The molecule has 0 bridgehead atoms. The fourth-order valence-corrected chi connectivity index (χ4v) is 2.28. The van der Waals surface area contributed by atoms with Crippen LogP contribution in [-0.2, 0) is 11.2 Å². The molecule has 2 aromatic heterocycles. The summed E-state index contributed by atoms with van der Waals surface area (Å²) < 4.78 is 5.34. The van der Waals surface area contributed by atoms with Crippen molar-refractivity contribution in [2.75, 3.05) is 6.61 Å². The first-order valence-electron chi connectivity index (χ1n) is 6.11. The van der Waals surface area contributed by atoms with Crippen LogP contribution in [0.3, 0.4) is 0 Å². The minimum Gasteiger partial charge on any atom is -0.444 e. The number of carbonyl (C=O) groups excluding carboxylic acids is 1. The highest BCUT2D eigenvalue weighted by molar-refractivity contribution is 7.13. The second kappa shape index (κ2) is 6.49. The van der Waals surface area contributed by atoms with Gasteiger partial charge in [0.25, 0.3) is 0 Å². The second-order valence-corrected chi connectivity index (χ2v) is 5.10. The number of aliphatic hydroxyl groups is 1. The van der Waals surface area contributed by atoms with E-state index in [0.29, 0.717) is 18.0 Å². The van der Waals surface area contributed by atoms with E-state index in [-0.39, 0.29) is 25.0 Å². The monoisotopic (exact) mass is 280 g/mol. The first-order chi connectivity index (χ1) is 9.22. The molecule has 2 aromatic rings. The molecular weight excluding hydrogens is 264 g/mol. The Morgan fingerprint density at radius 1 is 1.63 bits per heavy atom. The van der Waals surface area contributed by atoms with E-state index in [1.165, 1.54) is 17.6 Å². The Morgan fingerprint density at radius 3 is 3.11 bits per heavy atom. The van der Waals surface area contributed by atoms with Crippen LogP contribution in [0.1, 0.15) is 19.0 Å². The molecule has 0 aromatic carbocycles. The first kappa shape index (κ1) is 13.8. The molecule has 0 fully saturated rings. The lowest BCUT2D eigenvalue weighted by Crippen LogP contribution is -2.37. The number of hydrogen-bond acceptors (Lipinski definition) is 5. The highest BCUT2D eigenvalue weighted by atomic mass is 32.1. The number of carbonyl (C=O) groups is 1. The van der Waals surface area contributed by atoms with Crippen molar-refractivity contribution in [1.29, 1.82) is 0 Å². The molecule has 0 saturated heterocycles. The summed E-state index contributed by atoms with van der Waals surface area (Å²) in [7, 11) is 0. The third kappa shape index (κ3) is 3.65. The Hall–Kier alpha value is -1.66. The van der Waals surface area contributed by atoms with Crippen molar-refractivity contribution in [3.63, 3.8) is 0 Å². The van der Waals surface area contributed by atoms with E-state index < -0.39 is 0 Å². The number of amides is 1. The summed E-state index contributed by atoms with van der Waals surface area (Å²) in [5, 5.41) is 13.7. The number of oxazole rings is 1. The number of rotatable bonds is 6. The number of aromatic nitrogens is 1. The van der Waals surface area contributed by atoms with Crippen molar-refractivity contribution in [3.05, 3.63) is 29.5 Å². The van der Waals surface area contributed by atoms with Crippen molar-refractivity contribution in [2.45, 2.75) is 25.8 Å². The molecule has 102 valence electrons. The standard InChI is InChI=1S/C13H16N2O3S/c1-2-9(7-16)14-12(17)6-10-8-18-13(15-10)11-4-3-5-19-11/h3-5,8-9,16H,2,6-7H2,1H3,(H,14,17). The summed E-state index contributed by atoms with van der Waals surface area (Å²) in [5.41, 5.74) is 0.591. The normalized spacial score (nSPS) is 12.3.